The van der Waals surface area contributed by atoms with E-state index in [4.69, 9.17) is 5.11 Å². The molecule has 5 nitrogen and oxygen atoms in total. The van der Waals surface area contributed by atoms with Crippen molar-refractivity contribution in [1.29, 1.82) is 0 Å². The summed E-state index contributed by atoms with van der Waals surface area (Å²) in [5, 5.41) is 8.70. The number of carboxylic acid groups (broad SMARTS) is 1. The first-order valence-corrected chi connectivity index (χ1v) is 5.49. The van der Waals surface area contributed by atoms with Crippen molar-refractivity contribution in [3.8, 4) is 0 Å². The zero-order valence-electron chi connectivity index (χ0n) is 8.14. The Hall–Kier alpha value is -1.82. The largest absolute Gasteiger partial charge is 0.481 e. The topological polar surface area (TPSA) is 83.0 Å². The molecule has 0 amide bonds. The minimum atomic E-state index is -0.973. The Bertz CT molecular complexity index is 594. The number of benzene rings is 1. The van der Waals surface area contributed by atoms with E-state index >= 15 is 0 Å². The van der Waals surface area contributed by atoms with Crippen LogP contribution < -0.4 is 5.56 Å². The summed E-state index contributed by atoms with van der Waals surface area (Å²) in [7, 11) is 0. The Kier molecular flexibility index (Phi) is 2.91. The molecule has 16 heavy (non-hydrogen) atoms. The summed E-state index contributed by atoms with van der Waals surface area (Å²) < 4.78 is 0. The molecular weight excluding hydrogens is 228 g/mol. The minimum Gasteiger partial charge on any atom is -0.481 e. The number of thioether (sulfide) groups is 1. The Balaban J connectivity index is 2.42. The lowest BCUT2D eigenvalue weighted by Gasteiger charge is -2.00. The highest BCUT2D eigenvalue weighted by Crippen LogP contribution is 2.13. The van der Waals surface area contributed by atoms with Crippen molar-refractivity contribution < 1.29 is 9.90 Å². The number of carboxylic acids is 1. The van der Waals surface area contributed by atoms with Crippen molar-refractivity contribution >= 4 is 28.8 Å². The summed E-state index contributed by atoms with van der Waals surface area (Å²) in [5.74, 6) is -1.15. The van der Waals surface area contributed by atoms with Gasteiger partial charge in [-0.1, -0.05) is 23.9 Å². The van der Waals surface area contributed by atoms with Gasteiger partial charge in [0.15, 0.2) is 5.03 Å². The van der Waals surface area contributed by atoms with Gasteiger partial charge in [0.25, 0.3) is 5.56 Å². The SMILES string of the molecule is O=C(O)CSc1nc2ccccc2[nH]c1=O. The molecule has 1 aromatic heterocycles. The predicted molar refractivity (Wildman–Crippen MR) is 60.7 cm³/mol. The number of aliphatic carboxylic acids is 1. The fourth-order valence-electron chi connectivity index (χ4n) is 1.24. The summed E-state index contributed by atoms with van der Waals surface area (Å²) in [6.07, 6.45) is 0. The fraction of sp³-hybridized carbons (Fsp3) is 0.100. The molecule has 0 unspecified atom stereocenters. The molecule has 2 aromatic rings. The van der Waals surface area contributed by atoms with E-state index in [9.17, 15) is 9.59 Å². The van der Waals surface area contributed by atoms with Gasteiger partial charge in [-0.3, -0.25) is 9.59 Å². The molecule has 0 aliphatic rings. The second-order valence-electron chi connectivity index (χ2n) is 3.07. The van der Waals surface area contributed by atoms with Crippen LogP contribution in [0.4, 0.5) is 0 Å². The molecule has 1 aromatic carbocycles. The number of H-pyrrole nitrogens is 1. The van der Waals surface area contributed by atoms with Crippen molar-refractivity contribution in [3.05, 3.63) is 34.6 Å². The van der Waals surface area contributed by atoms with E-state index in [1.165, 1.54) is 0 Å². The first kappa shape index (κ1) is 10.7. The molecule has 2 rings (SSSR count). The second kappa shape index (κ2) is 4.36. The van der Waals surface area contributed by atoms with Crippen LogP contribution in [-0.2, 0) is 4.79 Å². The van der Waals surface area contributed by atoms with E-state index in [2.05, 4.69) is 9.97 Å². The second-order valence-corrected chi connectivity index (χ2v) is 4.03. The van der Waals surface area contributed by atoms with Crippen LogP contribution in [-0.4, -0.2) is 26.8 Å². The molecule has 0 atom stereocenters. The lowest BCUT2D eigenvalue weighted by atomic mass is 10.3. The van der Waals surface area contributed by atoms with Crippen LogP contribution in [0, 0.1) is 0 Å². The highest BCUT2D eigenvalue weighted by atomic mass is 32.2. The number of rotatable bonds is 3. The normalized spacial score (nSPS) is 10.5. The Morgan fingerprint density at radius 3 is 2.94 bits per heavy atom. The van der Waals surface area contributed by atoms with Gasteiger partial charge < -0.3 is 10.1 Å². The number of hydrogen-bond acceptors (Lipinski definition) is 4. The van der Waals surface area contributed by atoms with Gasteiger partial charge in [0.2, 0.25) is 0 Å². The van der Waals surface area contributed by atoms with Gasteiger partial charge in [-0.25, -0.2) is 4.98 Å². The third kappa shape index (κ3) is 2.22. The molecule has 0 radical (unpaired) electrons. The fourth-order valence-corrected chi connectivity index (χ4v) is 1.85. The highest BCUT2D eigenvalue weighted by molar-refractivity contribution is 7.99. The smallest absolute Gasteiger partial charge is 0.313 e. The molecule has 0 fully saturated rings. The number of nitrogens with one attached hydrogen (secondary N) is 1. The van der Waals surface area contributed by atoms with E-state index in [1.54, 1.807) is 24.3 Å². The van der Waals surface area contributed by atoms with Gasteiger partial charge in [-0.2, -0.15) is 0 Å². The van der Waals surface area contributed by atoms with Gasteiger partial charge in [0.1, 0.15) is 0 Å². The number of nitrogens with zero attached hydrogens (tertiary/aromatic N) is 1. The predicted octanol–water partition coefficient (Wildman–Crippen LogP) is 1.10. The molecule has 82 valence electrons. The van der Waals surface area contributed by atoms with E-state index < -0.39 is 5.97 Å². The van der Waals surface area contributed by atoms with Gasteiger partial charge in [-0.15, -0.1) is 0 Å². The maximum Gasteiger partial charge on any atom is 0.313 e. The third-order valence-electron chi connectivity index (χ3n) is 1.90. The van der Waals surface area contributed by atoms with Crippen molar-refractivity contribution in [3.63, 3.8) is 0 Å². The molecule has 2 N–H and O–H groups in total. The maximum absolute atomic E-state index is 11.5. The number of carbonyl (C=O) groups is 1. The zero-order valence-corrected chi connectivity index (χ0v) is 8.95. The van der Waals surface area contributed by atoms with Gasteiger partial charge in [0, 0.05) is 0 Å². The van der Waals surface area contributed by atoms with Crippen molar-refractivity contribution in [1.82, 2.24) is 9.97 Å². The molecule has 0 aliphatic carbocycles. The maximum atomic E-state index is 11.5. The van der Waals surface area contributed by atoms with Crippen LogP contribution in [0.1, 0.15) is 0 Å². The Morgan fingerprint density at radius 2 is 2.19 bits per heavy atom. The van der Waals surface area contributed by atoms with Crippen LogP contribution >= 0.6 is 11.8 Å². The molecule has 0 bridgehead atoms. The monoisotopic (exact) mass is 236 g/mol. The van der Waals surface area contributed by atoms with Crippen molar-refractivity contribution in [2.24, 2.45) is 0 Å². The molecule has 0 aliphatic heterocycles. The van der Waals surface area contributed by atoms with E-state index in [0.29, 0.717) is 11.0 Å². The minimum absolute atomic E-state index is 0.172. The third-order valence-corrected chi connectivity index (χ3v) is 2.84. The number of aromatic nitrogens is 2. The summed E-state index contributed by atoms with van der Waals surface area (Å²) >= 11 is 0.916. The lowest BCUT2D eigenvalue weighted by molar-refractivity contribution is -0.133. The summed E-state index contributed by atoms with van der Waals surface area (Å²) in [4.78, 5) is 28.7. The van der Waals surface area contributed by atoms with Gasteiger partial charge in [0.05, 0.1) is 16.8 Å². The van der Waals surface area contributed by atoms with Crippen LogP contribution in [0.25, 0.3) is 11.0 Å². The van der Waals surface area contributed by atoms with Crippen LogP contribution in [0.5, 0.6) is 0 Å². The average Bonchev–Trinajstić information content (AvgIpc) is 2.26. The quantitative estimate of drug-likeness (QED) is 0.780. The number of aromatic amines is 1. The van der Waals surface area contributed by atoms with Crippen molar-refractivity contribution in [2.75, 3.05) is 5.75 Å². The molecule has 1 heterocycles. The van der Waals surface area contributed by atoms with E-state index in [0.717, 1.165) is 11.8 Å². The summed E-state index contributed by atoms with van der Waals surface area (Å²) in [6.45, 7) is 0. The average molecular weight is 236 g/mol. The number of fused-ring (bicyclic) bond motifs is 1. The van der Waals surface area contributed by atoms with Crippen LogP contribution in [0.3, 0.4) is 0 Å². The Morgan fingerprint density at radius 1 is 1.44 bits per heavy atom. The Labute approximate surface area is 94.5 Å². The molecule has 6 heteroatoms. The van der Waals surface area contributed by atoms with Gasteiger partial charge in [-0.05, 0) is 12.1 Å². The number of hydrogen-bond donors (Lipinski definition) is 2. The standard InChI is InChI=1S/C10H8N2O3S/c13-8(14)5-16-10-9(15)11-6-3-1-2-4-7(6)12-10/h1-4H,5H2,(H,11,15)(H,13,14). The lowest BCUT2D eigenvalue weighted by Crippen LogP contribution is -2.12. The van der Waals surface area contributed by atoms with Crippen LogP contribution in [0.15, 0.2) is 34.1 Å². The van der Waals surface area contributed by atoms with Crippen LogP contribution in [0.2, 0.25) is 0 Å². The first-order chi connectivity index (χ1) is 7.66. The molecule has 0 saturated carbocycles. The van der Waals surface area contributed by atoms with E-state index in [1.807, 2.05) is 0 Å². The zero-order chi connectivity index (χ0) is 11.5. The van der Waals surface area contributed by atoms with Crippen molar-refractivity contribution in [2.45, 2.75) is 5.03 Å². The summed E-state index contributed by atoms with van der Waals surface area (Å²) in [6, 6.07) is 7.11. The number of para-hydroxylation sites is 2. The molecule has 0 saturated heterocycles. The molecule has 0 spiro atoms. The van der Waals surface area contributed by atoms with Gasteiger partial charge >= 0.3 is 5.97 Å². The highest BCUT2D eigenvalue weighted by Gasteiger charge is 2.07. The van der Waals surface area contributed by atoms with E-state index in [-0.39, 0.29) is 16.3 Å². The summed E-state index contributed by atoms with van der Waals surface area (Å²) in [5.41, 5.74) is 0.937. The molecular formula is C10H8N2O3S. The first-order valence-electron chi connectivity index (χ1n) is 4.50.